The lowest BCUT2D eigenvalue weighted by atomic mass is 9.76. The van der Waals surface area contributed by atoms with Crippen LogP contribution < -0.4 is 5.73 Å². The fourth-order valence-corrected chi connectivity index (χ4v) is 3.24. The maximum atomic E-state index is 13.0. The zero-order chi connectivity index (χ0) is 12.4. The van der Waals surface area contributed by atoms with Gasteiger partial charge in [-0.1, -0.05) is 28.9 Å². The Labute approximate surface area is 111 Å². The van der Waals surface area contributed by atoms with E-state index in [9.17, 15) is 4.39 Å². The van der Waals surface area contributed by atoms with Crippen molar-refractivity contribution in [1.29, 1.82) is 0 Å². The summed E-state index contributed by atoms with van der Waals surface area (Å²) in [7, 11) is 0. The van der Waals surface area contributed by atoms with Crippen molar-refractivity contribution in [2.24, 2.45) is 17.6 Å². The maximum Gasteiger partial charge on any atom is 0.124 e. The minimum atomic E-state index is -0.193. The molecule has 2 rings (SSSR count). The second-order valence-corrected chi connectivity index (χ2v) is 6.14. The van der Waals surface area contributed by atoms with Crippen LogP contribution in [0.4, 0.5) is 4.39 Å². The molecule has 1 aliphatic rings. The lowest BCUT2D eigenvalue weighted by Crippen LogP contribution is -2.36. The summed E-state index contributed by atoms with van der Waals surface area (Å²) in [6, 6.07) is 5.22. The van der Waals surface area contributed by atoms with Crippen LogP contribution in [0.5, 0.6) is 0 Å². The summed E-state index contributed by atoms with van der Waals surface area (Å²) in [6.45, 7) is 2.29. The average molecular weight is 300 g/mol. The highest BCUT2D eigenvalue weighted by Crippen LogP contribution is 2.32. The number of rotatable bonds is 2. The van der Waals surface area contributed by atoms with Gasteiger partial charge in [-0.25, -0.2) is 4.39 Å². The van der Waals surface area contributed by atoms with Gasteiger partial charge in [0.05, 0.1) is 0 Å². The van der Waals surface area contributed by atoms with Crippen LogP contribution in [0.25, 0.3) is 0 Å². The van der Waals surface area contributed by atoms with Crippen LogP contribution in [0, 0.1) is 17.7 Å². The van der Waals surface area contributed by atoms with Gasteiger partial charge in [0.1, 0.15) is 5.82 Å². The molecule has 1 saturated carbocycles. The number of hydrogen-bond donors (Lipinski definition) is 1. The quantitative estimate of drug-likeness (QED) is 0.881. The van der Waals surface area contributed by atoms with Gasteiger partial charge in [0.25, 0.3) is 0 Å². The molecule has 1 fully saturated rings. The first-order valence-electron chi connectivity index (χ1n) is 6.25. The van der Waals surface area contributed by atoms with E-state index >= 15 is 0 Å². The van der Waals surface area contributed by atoms with Gasteiger partial charge < -0.3 is 5.73 Å². The van der Waals surface area contributed by atoms with Crippen molar-refractivity contribution >= 4 is 15.9 Å². The monoisotopic (exact) mass is 299 g/mol. The summed E-state index contributed by atoms with van der Waals surface area (Å²) in [6.07, 6.45) is 4.49. The molecule has 0 bridgehead atoms. The molecule has 0 spiro atoms. The molecule has 0 amide bonds. The van der Waals surface area contributed by atoms with E-state index in [1.165, 1.54) is 30.5 Å². The van der Waals surface area contributed by atoms with E-state index in [4.69, 9.17) is 5.73 Å². The summed E-state index contributed by atoms with van der Waals surface area (Å²) in [5.74, 6) is 1.10. The summed E-state index contributed by atoms with van der Waals surface area (Å²) in [5.41, 5.74) is 7.35. The fourth-order valence-electron chi connectivity index (χ4n) is 2.73. The average Bonchev–Trinajstić information content (AvgIpc) is 2.27. The van der Waals surface area contributed by atoms with Crippen molar-refractivity contribution in [2.45, 2.75) is 38.6 Å². The minimum absolute atomic E-state index is 0.193. The van der Waals surface area contributed by atoms with Gasteiger partial charge in [-0.2, -0.15) is 0 Å². The summed E-state index contributed by atoms with van der Waals surface area (Å²) in [5, 5.41) is 0. The molecular weight excluding hydrogens is 281 g/mol. The van der Waals surface area contributed by atoms with Gasteiger partial charge in [-0.3, -0.25) is 0 Å². The smallest absolute Gasteiger partial charge is 0.124 e. The molecule has 1 aliphatic carbocycles. The molecule has 3 heteroatoms. The standard InChI is InChI=1S/C14H19BrFN/c1-9-2-5-14(17)11(6-9)7-10-3-4-12(16)8-13(10)15/h3-4,8-9,11,14H,2,5-7,17H2,1H3. The van der Waals surface area contributed by atoms with E-state index in [-0.39, 0.29) is 5.82 Å². The second kappa shape index (κ2) is 5.49. The highest BCUT2D eigenvalue weighted by molar-refractivity contribution is 9.10. The van der Waals surface area contributed by atoms with E-state index in [0.29, 0.717) is 12.0 Å². The SMILES string of the molecule is CC1CCC(N)C(Cc2ccc(F)cc2Br)C1. The molecule has 0 heterocycles. The second-order valence-electron chi connectivity index (χ2n) is 5.28. The summed E-state index contributed by atoms with van der Waals surface area (Å²) < 4.78 is 13.9. The summed E-state index contributed by atoms with van der Waals surface area (Å²) >= 11 is 3.43. The normalized spacial score (nSPS) is 29.3. The van der Waals surface area contributed by atoms with Crippen LogP contribution >= 0.6 is 15.9 Å². The Hall–Kier alpha value is -0.410. The lowest BCUT2D eigenvalue weighted by molar-refractivity contribution is 0.244. The van der Waals surface area contributed by atoms with Crippen molar-refractivity contribution < 1.29 is 4.39 Å². The molecule has 2 N–H and O–H groups in total. The summed E-state index contributed by atoms with van der Waals surface area (Å²) in [4.78, 5) is 0. The van der Waals surface area contributed by atoms with Crippen LogP contribution in [0.2, 0.25) is 0 Å². The Morgan fingerprint density at radius 3 is 2.88 bits per heavy atom. The molecule has 0 saturated heterocycles. The molecule has 0 radical (unpaired) electrons. The number of hydrogen-bond acceptors (Lipinski definition) is 1. The van der Waals surface area contributed by atoms with Crippen LogP contribution in [0.1, 0.15) is 31.7 Å². The van der Waals surface area contributed by atoms with E-state index in [1.807, 2.05) is 6.07 Å². The van der Waals surface area contributed by atoms with Crippen LogP contribution in [0.15, 0.2) is 22.7 Å². The molecule has 3 atom stereocenters. The van der Waals surface area contributed by atoms with Crippen molar-refractivity contribution in [3.05, 3.63) is 34.1 Å². The third-order valence-electron chi connectivity index (χ3n) is 3.80. The van der Waals surface area contributed by atoms with E-state index in [0.717, 1.165) is 23.2 Å². The molecule has 0 aromatic heterocycles. The van der Waals surface area contributed by atoms with Gasteiger partial charge in [0.2, 0.25) is 0 Å². The van der Waals surface area contributed by atoms with E-state index in [1.54, 1.807) is 0 Å². The molecule has 1 aromatic rings. The Kier molecular flexibility index (Phi) is 4.21. The van der Waals surface area contributed by atoms with Crippen molar-refractivity contribution in [2.75, 3.05) is 0 Å². The Morgan fingerprint density at radius 2 is 2.18 bits per heavy atom. The number of nitrogens with two attached hydrogens (primary N) is 1. The van der Waals surface area contributed by atoms with Gasteiger partial charge in [-0.05, 0) is 55.2 Å². The largest absolute Gasteiger partial charge is 0.327 e. The first-order valence-corrected chi connectivity index (χ1v) is 7.05. The molecule has 0 aliphatic heterocycles. The van der Waals surface area contributed by atoms with E-state index < -0.39 is 0 Å². The van der Waals surface area contributed by atoms with Crippen molar-refractivity contribution in [3.63, 3.8) is 0 Å². The lowest BCUT2D eigenvalue weighted by Gasteiger charge is -2.32. The Bertz CT molecular complexity index is 394. The zero-order valence-electron chi connectivity index (χ0n) is 10.1. The number of halogens is 2. The van der Waals surface area contributed by atoms with E-state index in [2.05, 4.69) is 22.9 Å². The predicted octanol–water partition coefficient (Wildman–Crippen LogP) is 3.89. The first kappa shape index (κ1) is 13.0. The van der Waals surface area contributed by atoms with Crippen molar-refractivity contribution in [1.82, 2.24) is 0 Å². The highest BCUT2D eigenvalue weighted by Gasteiger charge is 2.26. The predicted molar refractivity (Wildman–Crippen MR) is 72.3 cm³/mol. The maximum absolute atomic E-state index is 13.0. The van der Waals surface area contributed by atoms with Crippen LogP contribution in [-0.2, 0) is 6.42 Å². The molecule has 1 aromatic carbocycles. The molecule has 17 heavy (non-hydrogen) atoms. The van der Waals surface area contributed by atoms with Gasteiger partial charge in [0, 0.05) is 10.5 Å². The van der Waals surface area contributed by atoms with Crippen LogP contribution in [-0.4, -0.2) is 6.04 Å². The third-order valence-corrected chi connectivity index (χ3v) is 4.54. The topological polar surface area (TPSA) is 26.0 Å². The van der Waals surface area contributed by atoms with Gasteiger partial charge in [0.15, 0.2) is 0 Å². The Balaban J connectivity index is 2.08. The Morgan fingerprint density at radius 1 is 1.41 bits per heavy atom. The van der Waals surface area contributed by atoms with Gasteiger partial charge in [-0.15, -0.1) is 0 Å². The fraction of sp³-hybridized carbons (Fsp3) is 0.571. The van der Waals surface area contributed by atoms with Crippen LogP contribution in [0.3, 0.4) is 0 Å². The van der Waals surface area contributed by atoms with Crippen molar-refractivity contribution in [3.8, 4) is 0 Å². The molecular formula is C14H19BrFN. The molecule has 1 nitrogen and oxygen atoms in total. The zero-order valence-corrected chi connectivity index (χ0v) is 11.7. The molecule has 94 valence electrons. The number of benzene rings is 1. The van der Waals surface area contributed by atoms with Gasteiger partial charge >= 0.3 is 0 Å². The highest BCUT2D eigenvalue weighted by atomic mass is 79.9. The first-order chi connectivity index (χ1) is 8.06. The third kappa shape index (κ3) is 3.29. The molecule has 3 unspecified atom stereocenters. The minimum Gasteiger partial charge on any atom is -0.327 e.